The Morgan fingerprint density at radius 1 is 1.12 bits per heavy atom. The van der Waals surface area contributed by atoms with Gasteiger partial charge in [0.25, 0.3) is 5.52 Å². The maximum atomic E-state index is 12.2. The van der Waals surface area contributed by atoms with Crippen LogP contribution in [0.2, 0.25) is 0 Å². The van der Waals surface area contributed by atoms with Crippen LogP contribution in [0.1, 0.15) is 46.5 Å². The zero-order valence-electron chi connectivity index (χ0n) is 11.0. The molecule has 0 saturated carbocycles. The van der Waals surface area contributed by atoms with Crippen molar-refractivity contribution in [2.24, 2.45) is 0 Å². The molecular weight excluding hydrogens is 239 g/mol. The molecule has 0 saturated heterocycles. The first-order chi connectivity index (χ1) is 8.10. The van der Waals surface area contributed by atoms with Crippen LogP contribution < -0.4 is 0 Å². The van der Waals surface area contributed by atoms with Gasteiger partial charge in [-0.2, -0.15) is 0 Å². The van der Waals surface area contributed by atoms with Crippen molar-refractivity contribution in [1.29, 1.82) is 0 Å². The van der Waals surface area contributed by atoms with Gasteiger partial charge in [-0.05, 0) is 25.8 Å². The third kappa shape index (κ3) is 6.77. The van der Waals surface area contributed by atoms with Crippen LogP contribution in [0, 0.1) is 0 Å². The highest BCUT2D eigenvalue weighted by molar-refractivity contribution is 7.72. The zero-order valence-corrected chi connectivity index (χ0v) is 11.9. The number of allylic oxidation sites excluding steroid dienone is 2. The lowest BCUT2D eigenvalue weighted by Crippen LogP contribution is -2.06. The van der Waals surface area contributed by atoms with E-state index >= 15 is 0 Å². The first-order valence-corrected chi connectivity index (χ1v) is 7.71. The summed E-state index contributed by atoms with van der Waals surface area (Å²) in [5.41, 5.74) is -0.563. The van der Waals surface area contributed by atoms with E-state index in [-0.39, 0.29) is 0 Å². The maximum absolute atomic E-state index is 12.2. The van der Waals surface area contributed by atoms with Crippen LogP contribution in [0.3, 0.4) is 0 Å². The largest absolute Gasteiger partial charge is 0.400 e. The first kappa shape index (κ1) is 16.6. The van der Waals surface area contributed by atoms with Gasteiger partial charge in [-0.1, -0.05) is 32.8 Å². The van der Waals surface area contributed by atoms with E-state index in [4.69, 9.17) is 9.05 Å². The van der Waals surface area contributed by atoms with Gasteiger partial charge in [0.15, 0.2) is 0 Å². The quantitative estimate of drug-likeness (QED) is 0.340. The van der Waals surface area contributed by atoms with Crippen LogP contribution in [0.15, 0.2) is 12.2 Å². The van der Waals surface area contributed by atoms with Gasteiger partial charge in [0.05, 0.1) is 13.2 Å². The number of carbonyl (C=O) groups is 1. The van der Waals surface area contributed by atoms with Gasteiger partial charge >= 0.3 is 7.60 Å². The van der Waals surface area contributed by atoms with Gasteiger partial charge in [-0.25, -0.2) is 0 Å². The monoisotopic (exact) mass is 262 g/mol. The van der Waals surface area contributed by atoms with Crippen molar-refractivity contribution in [1.82, 2.24) is 0 Å². The molecule has 0 aliphatic rings. The van der Waals surface area contributed by atoms with Gasteiger partial charge in [0, 0.05) is 0 Å². The summed E-state index contributed by atoms with van der Waals surface area (Å²) < 4.78 is 22.5. The van der Waals surface area contributed by atoms with E-state index < -0.39 is 13.1 Å². The number of hydrogen-bond acceptors (Lipinski definition) is 4. The maximum Gasteiger partial charge on any atom is 0.400 e. The molecule has 0 aromatic rings. The fraction of sp³-hybridized carbons (Fsp3) is 0.750. The molecule has 0 fully saturated rings. The Morgan fingerprint density at radius 2 is 1.59 bits per heavy atom. The normalized spacial score (nSPS) is 12.2. The van der Waals surface area contributed by atoms with Crippen LogP contribution in [0.25, 0.3) is 0 Å². The van der Waals surface area contributed by atoms with Crippen molar-refractivity contribution in [3.05, 3.63) is 12.2 Å². The molecule has 0 spiro atoms. The van der Waals surface area contributed by atoms with Crippen molar-refractivity contribution < 1.29 is 18.4 Å². The molecule has 0 aliphatic carbocycles. The molecule has 0 aromatic heterocycles. The van der Waals surface area contributed by atoms with Crippen molar-refractivity contribution in [3.63, 3.8) is 0 Å². The molecule has 0 rings (SSSR count). The predicted octanol–water partition coefficient (Wildman–Crippen LogP) is 3.92. The summed E-state index contributed by atoms with van der Waals surface area (Å²) in [5.74, 6) is 0. The smallest absolute Gasteiger partial charge is 0.303 e. The van der Waals surface area contributed by atoms with E-state index in [1.807, 2.05) is 13.8 Å². The zero-order chi connectivity index (χ0) is 13.1. The average Bonchev–Trinajstić information content (AvgIpc) is 2.30. The Bertz CT molecular complexity index is 272. The molecule has 0 unspecified atom stereocenters. The highest BCUT2D eigenvalue weighted by Crippen LogP contribution is 2.49. The molecule has 17 heavy (non-hydrogen) atoms. The van der Waals surface area contributed by atoms with E-state index in [1.54, 1.807) is 13.0 Å². The highest BCUT2D eigenvalue weighted by Gasteiger charge is 2.32. The van der Waals surface area contributed by atoms with E-state index in [0.29, 0.717) is 13.2 Å². The Labute approximate surface area is 104 Å². The first-order valence-electron chi connectivity index (χ1n) is 6.17. The third-order valence-electron chi connectivity index (χ3n) is 2.10. The van der Waals surface area contributed by atoms with Gasteiger partial charge in [0.2, 0.25) is 0 Å². The summed E-state index contributed by atoms with van der Waals surface area (Å²) in [6.45, 7) is 6.28. The van der Waals surface area contributed by atoms with Crippen LogP contribution in [0.4, 0.5) is 0 Å². The summed E-state index contributed by atoms with van der Waals surface area (Å²) in [5, 5.41) is 0. The van der Waals surface area contributed by atoms with Gasteiger partial charge in [-0.15, -0.1) is 0 Å². The van der Waals surface area contributed by atoms with Gasteiger partial charge in [0.1, 0.15) is 0 Å². The number of rotatable bonds is 10. The highest BCUT2D eigenvalue weighted by atomic mass is 31.2. The minimum atomic E-state index is -3.61. The second-order valence-electron chi connectivity index (χ2n) is 3.71. The van der Waals surface area contributed by atoms with Crippen molar-refractivity contribution in [3.8, 4) is 0 Å². The third-order valence-corrected chi connectivity index (χ3v) is 3.83. The molecule has 4 nitrogen and oxygen atoms in total. The summed E-state index contributed by atoms with van der Waals surface area (Å²) in [6.07, 6.45) is 6.17. The second kappa shape index (κ2) is 9.58. The fourth-order valence-corrected chi connectivity index (χ4v) is 2.46. The Morgan fingerprint density at radius 3 is 1.94 bits per heavy atom. The molecule has 0 heterocycles. The van der Waals surface area contributed by atoms with E-state index in [9.17, 15) is 9.36 Å². The Balaban J connectivity index is 4.45. The lowest BCUT2D eigenvalue weighted by atomic mass is 10.4. The van der Waals surface area contributed by atoms with E-state index in [0.717, 1.165) is 25.7 Å². The summed E-state index contributed by atoms with van der Waals surface area (Å²) in [6, 6.07) is 0. The summed E-state index contributed by atoms with van der Waals surface area (Å²) in [4.78, 5) is 11.7. The van der Waals surface area contributed by atoms with Gasteiger partial charge < -0.3 is 9.05 Å². The standard InChI is InChI=1S/C12H23O4P/c1-4-7-10-15-17(14,12(13)9-6-3)16-11-8-5-2/h6,9H,4-5,7-8,10-11H2,1-3H3. The Hall–Kier alpha value is -0.440. The number of unbranched alkanes of at least 4 members (excludes halogenated alkanes) is 2. The summed E-state index contributed by atoms with van der Waals surface area (Å²) in [7, 11) is -3.61. The molecule has 0 N–H and O–H groups in total. The van der Waals surface area contributed by atoms with Crippen LogP contribution in [-0.4, -0.2) is 18.7 Å². The molecule has 0 bridgehead atoms. The number of hydrogen-bond donors (Lipinski definition) is 0. The average molecular weight is 262 g/mol. The Kier molecular flexibility index (Phi) is 9.33. The van der Waals surface area contributed by atoms with E-state index in [2.05, 4.69) is 0 Å². The predicted molar refractivity (Wildman–Crippen MR) is 69.1 cm³/mol. The van der Waals surface area contributed by atoms with Gasteiger partial charge in [-0.3, -0.25) is 9.36 Å². The molecule has 0 atom stereocenters. The van der Waals surface area contributed by atoms with Crippen molar-refractivity contribution in [2.45, 2.75) is 46.5 Å². The van der Waals surface area contributed by atoms with Crippen molar-refractivity contribution in [2.75, 3.05) is 13.2 Å². The van der Waals surface area contributed by atoms with Crippen LogP contribution in [0.5, 0.6) is 0 Å². The van der Waals surface area contributed by atoms with E-state index in [1.165, 1.54) is 6.08 Å². The minimum Gasteiger partial charge on any atom is -0.303 e. The van der Waals surface area contributed by atoms with Crippen LogP contribution >= 0.6 is 7.60 Å². The summed E-state index contributed by atoms with van der Waals surface area (Å²) >= 11 is 0. The fourth-order valence-electron chi connectivity index (χ4n) is 1.06. The SMILES string of the molecule is CC=CC(=O)P(=O)(OCCCC)OCCCC. The second-order valence-corrected chi connectivity index (χ2v) is 5.66. The molecule has 0 amide bonds. The number of carbonyl (C=O) groups excluding carboxylic acids is 1. The molecule has 0 aliphatic heterocycles. The molecular formula is C12H23O4P. The van der Waals surface area contributed by atoms with Crippen LogP contribution in [-0.2, 0) is 18.4 Å². The molecule has 0 radical (unpaired) electrons. The molecule has 0 aromatic carbocycles. The van der Waals surface area contributed by atoms with Crippen molar-refractivity contribution >= 4 is 13.1 Å². The molecule has 100 valence electrons. The topological polar surface area (TPSA) is 52.6 Å². The lowest BCUT2D eigenvalue weighted by molar-refractivity contribution is -0.110. The minimum absolute atomic E-state index is 0.295. The lowest BCUT2D eigenvalue weighted by Gasteiger charge is -2.15. The molecule has 5 heteroatoms.